The summed E-state index contributed by atoms with van der Waals surface area (Å²) in [5, 5.41) is 5.19. The first kappa shape index (κ1) is 21.6. The van der Waals surface area contributed by atoms with Crippen LogP contribution >= 0.6 is 27.7 Å². The van der Waals surface area contributed by atoms with Gasteiger partial charge in [0.15, 0.2) is 0 Å². The fourth-order valence-corrected chi connectivity index (χ4v) is 3.65. The summed E-state index contributed by atoms with van der Waals surface area (Å²) in [6.07, 6.45) is 2.95. The minimum atomic E-state index is 0.570. The molecule has 0 spiro atoms. The van der Waals surface area contributed by atoms with E-state index in [1.807, 2.05) is 36.7 Å². The normalized spacial score (nSPS) is 12.4. The highest BCUT2D eigenvalue weighted by molar-refractivity contribution is 9.10. The highest BCUT2D eigenvalue weighted by Crippen LogP contribution is 2.25. The van der Waals surface area contributed by atoms with Gasteiger partial charge in [0.2, 0.25) is 0 Å². The summed E-state index contributed by atoms with van der Waals surface area (Å²) in [6, 6.07) is 7.98. The Morgan fingerprint density at radius 3 is 2.67 bits per heavy atom. The van der Waals surface area contributed by atoms with Crippen molar-refractivity contribution in [2.75, 3.05) is 14.2 Å². The first-order valence-corrected chi connectivity index (χ1v) is 10.6. The lowest BCUT2D eigenvalue weighted by atomic mass is 10.2. The molecule has 0 bridgehead atoms. The molecule has 2 rings (SSSR count). The van der Waals surface area contributed by atoms with Crippen LogP contribution in [0.5, 0.6) is 5.75 Å². The summed E-state index contributed by atoms with van der Waals surface area (Å²) in [5.74, 6) is 2.43. The predicted molar refractivity (Wildman–Crippen MR) is 117 cm³/mol. The summed E-state index contributed by atoms with van der Waals surface area (Å²) in [5.41, 5.74) is 3.16. The van der Waals surface area contributed by atoms with Crippen molar-refractivity contribution in [3.05, 3.63) is 57.5 Å². The molecule has 27 heavy (non-hydrogen) atoms. The van der Waals surface area contributed by atoms with E-state index < -0.39 is 0 Å². The Morgan fingerprint density at radius 2 is 2.07 bits per heavy atom. The fraction of sp³-hybridized carbons (Fsp3) is 0.400. The number of para-hydroxylation sites is 1. The summed E-state index contributed by atoms with van der Waals surface area (Å²) in [7, 11) is 3.43. The van der Waals surface area contributed by atoms with E-state index in [4.69, 9.17) is 9.47 Å². The van der Waals surface area contributed by atoms with Crippen LogP contribution in [0.25, 0.3) is 0 Å². The van der Waals surface area contributed by atoms with Crippen LogP contribution in [-0.4, -0.2) is 29.2 Å². The van der Waals surface area contributed by atoms with E-state index in [9.17, 15) is 0 Å². The second-order valence-corrected chi connectivity index (χ2v) is 7.63. The van der Waals surface area contributed by atoms with Crippen LogP contribution in [0.15, 0.2) is 45.6 Å². The van der Waals surface area contributed by atoms with E-state index in [-0.39, 0.29) is 0 Å². The average Bonchev–Trinajstić information content (AvgIpc) is 2.92. The molecule has 0 fully saturated rings. The molecule has 0 N–H and O–H groups in total. The van der Waals surface area contributed by atoms with Crippen LogP contribution in [-0.2, 0) is 17.0 Å². The van der Waals surface area contributed by atoms with Gasteiger partial charge in [-0.2, -0.15) is 5.10 Å². The van der Waals surface area contributed by atoms with Gasteiger partial charge in [0.05, 0.1) is 29.5 Å². The number of hydrogen-bond acceptors (Lipinski definition) is 5. The number of benzene rings is 1. The molecule has 0 aliphatic carbocycles. The number of aliphatic imine (C=N–C) groups is 1. The first-order valence-electron chi connectivity index (χ1n) is 8.78. The number of hydrogen-bond donors (Lipinski definition) is 0. The molecule has 0 aliphatic heterocycles. The van der Waals surface area contributed by atoms with E-state index in [0.717, 1.165) is 45.1 Å². The number of ether oxygens (including phenoxy) is 2. The zero-order chi connectivity index (χ0) is 19.8. The van der Waals surface area contributed by atoms with Crippen molar-refractivity contribution in [2.24, 2.45) is 4.99 Å². The third-order valence-corrected chi connectivity index (χ3v) is 6.09. The molecule has 0 amide bonds. The molecular formula is C20H26BrN3O2S. The van der Waals surface area contributed by atoms with Gasteiger partial charge in [0.1, 0.15) is 11.5 Å². The number of halogens is 1. The third-order valence-electron chi connectivity index (χ3n) is 3.98. The Balaban J connectivity index is 2.07. The van der Waals surface area contributed by atoms with Gasteiger partial charge >= 0.3 is 0 Å². The maximum atomic E-state index is 6.10. The van der Waals surface area contributed by atoms with Gasteiger partial charge in [0, 0.05) is 18.4 Å². The van der Waals surface area contributed by atoms with Crippen molar-refractivity contribution < 1.29 is 9.47 Å². The molecule has 0 unspecified atom stereocenters. The topological polar surface area (TPSA) is 48.6 Å². The van der Waals surface area contributed by atoms with Crippen LogP contribution < -0.4 is 4.74 Å². The minimum absolute atomic E-state index is 0.570. The van der Waals surface area contributed by atoms with Crippen molar-refractivity contribution >= 4 is 32.9 Å². The molecule has 1 heterocycles. The standard InChI is InChI=1S/C20H26BrN3O2S/c1-6-9-17(12-24-15(3)19(21)14(2)23-24)26-20(22-4)27-13-16-10-7-8-11-18(16)25-5/h7-11H,6,12-13H2,1-5H3/b17-9-,22-20?. The molecule has 0 saturated heterocycles. The number of thioether (sulfide) groups is 1. The second-order valence-electron chi connectivity index (χ2n) is 5.91. The maximum absolute atomic E-state index is 6.10. The maximum Gasteiger partial charge on any atom is 0.251 e. The van der Waals surface area contributed by atoms with Crippen molar-refractivity contribution in [1.82, 2.24) is 9.78 Å². The molecule has 2 aromatic rings. The fourth-order valence-electron chi connectivity index (χ4n) is 2.56. The molecule has 1 aromatic carbocycles. The first-order chi connectivity index (χ1) is 13.0. The van der Waals surface area contributed by atoms with E-state index >= 15 is 0 Å². The zero-order valence-corrected chi connectivity index (χ0v) is 18.9. The molecule has 146 valence electrons. The minimum Gasteiger partial charge on any atom is -0.496 e. The summed E-state index contributed by atoms with van der Waals surface area (Å²) in [6.45, 7) is 6.68. The van der Waals surface area contributed by atoms with Crippen LogP contribution in [0.3, 0.4) is 0 Å². The quantitative estimate of drug-likeness (QED) is 0.316. The Kier molecular flexibility index (Phi) is 8.44. The number of methoxy groups -OCH3 is 1. The van der Waals surface area contributed by atoms with Crippen molar-refractivity contribution in [2.45, 2.75) is 39.5 Å². The number of allylic oxidation sites excluding steroid dienone is 2. The highest BCUT2D eigenvalue weighted by Gasteiger charge is 2.13. The summed E-state index contributed by atoms with van der Waals surface area (Å²) in [4.78, 5) is 4.30. The number of rotatable bonds is 7. The average molecular weight is 452 g/mol. The van der Waals surface area contributed by atoms with Gasteiger partial charge in [-0.25, -0.2) is 4.99 Å². The van der Waals surface area contributed by atoms with Gasteiger partial charge in [-0.05, 0) is 48.3 Å². The van der Waals surface area contributed by atoms with Crippen molar-refractivity contribution in [1.29, 1.82) is 0 Å². The molecule has 5 nitrogen and oxygen atoms in total. The van der Waals surface area contributed by atoms with Gasteiger partial charge < -0.3 is 9.47 Å². The monoisotopic (exact) mass is 451 g/mol. The second kappa shape index (κ2) is 10.6. The highest BCUT2D eigenvalue weighted by atomic mass is 79.9. The lowest BCUT2D eigenvalue weighted by Crippen LogP contribution is -2.10. The third kappa shape index (κ3) is 5.87. The molecule has 7 heteroatoms. The smallest absolute Gasteiger partial charge is 0.251 e. The number of aryl methyl sites for hydroxylation is 1. The summed E-state index contributed by atoms with van der Waals surface area (Å²) < 4.78 is 14.5. The number of nitrogens with zero attached hydrogens (tertiary/aromatic N) is 3. The van der Waals surface area contributed by atoms with Gasteiger partial charge in [-0.1, -0.05) is 36.9 Å². The van der Waals surface area contributed by atoms with Crippen LogP contribution in [0.2, 0.25) is 0 Å². The molecule has 1 aromatic heterocycles. The lowest BCUT2D eigenvalue weighted by molar-refractivity contribution is 0.377. The van der Waals surface area contributed by atoms with Crippen LogP contribution in [0, 0.1) is 13.8 Å². The van der Waals surface area contributed by atoms with E-state index in [0.29, 0.717) is 11.8 Å². The van der Waals surface area contributed by atoms with Crippen LogP contribution in [0.1, 0.15) is 30.3 Å². The van der Waals surface area contributed by atoms with E-state index in [1.54, 1.807) is 25.9 Å². The Hall–Kier alpha value is -1.73. The lowest BCUT2D eigenvalue weighted by Gasteiger charge is -2.13. The zero-order valence-electron chi connectivity index (χ0n) is 16.5. The van der Waals surface area contributed by atoms with Gasteiger partial charge in [0.25, 0.3) is 5.23 Å². The molecule has 0 aliphatic rings. The Morgan fingerprint density at radius 1 is 1.33 bits per heavy atom. The summed E-state index contributed by atoms with van der Waals surface area (Å²) >= 11 is 5.12. The Labute approximate surface area is 174 Å². The Bertz CT molecular complexity index is 831. The largest absolute Gasteiger partial charge is 0.496 e. The van der Waals surface area contributed by atoms with Gasteiger partial charge in [-0.3, -0.25) is 4.68 Å². The predicted octanol–water partition coefficient (Wildman–Crippen LogP) is 5.50. The van der Waals surface area contributed by atoms with E-state index in [1.165, 1.54) is 0 Å². The SMILES string of the molecule is CC/C=C(/Cn1nc(C)c(Br)c1C)OC(=NC)SCc1ccccc1OC. The van der Waals surface area contributed by atoms with Crippen molar-refractivity contribution in [3.63, 3.8) is 0 Å². The van der Waals surface area contributed by atoms with Crippen molar-refractivity contribution in [3.8, 4) is 5.75 Å². The van der Waals surface area contributed by atoms with Gasteiger partial charge in [-0.15, -0.1) is 0 Å². The molecule has 0 saturated carbocycles. The molecular weight excluding hydrogens is 426 g/mol. The number of aromatic nitrogens is 2. The molecule has 0 atom stereocenters. The molecule has 0 radical (unpaired) electrons. The van der Waals surface area contributed by atoms with Crippen LogP contribution in [0.4, 0.5) is 0 Å². The van der Waals surface area contributed by atoms with E-state index in [2.05, 4.69) is 45.1 Å².